The Bertz CT molecular complexity index is 493. The van der Waals surface area contributed by atoms with Crippen LogP contribution in [0.5, 0.6) is 0 Å². The fourth-order valence-electron chi connectivity index (χ4n) is 2.58. The Kier molecular flexibility index (Phi) is 5.15. The highest BCUT2D eigenvalue weighted by molar-refractivity contribution is 5.76. The zero-order valence-corrected chi connectivity index (χ0v) is 13.5. The van der Waals surface area contributed by atoms with E-state index in [9.17, 15) is 4.79 Å². The Labute approximate surface area is 127 Å². The highest BCUT2D eigenvalue weighted by Gasteiger charge is 2.23. The molecular formula is C16H26N4O. The Hall–Kier alpha value is -1.65. The first kappa shape index (κ1) is 15.7. The van der Waals surface area contributed by atoms with Crippen molar-refractivity contribution < 1.29 is 4.79 Å². The van der Waals surface area contributed by atoms with E-state index < -0.39 is 0 Å². The molecule has 1 N–H and O–H groups in total. The SMILES string of the molecule is Cc1cc(NC2CCN(C(=O)CC(C)C)CC2)nnc1C. The summed E-state index contributed by atoms with van der Waals surface area (Å²) >= 11 is 0. The van der Waals surface area contributed by atoms with Crippen molar-refractivity contribution in [3.63, 3.8) is 0 Å². The number of rotatable bonds is 4. The van der Waals surface area contributed by atoms with E-state index >= 15 is 0 Å². The molecule has 2 rings (SSSR count). The lowest BCUT2D eigenvalue weighted by atomic mass is 10.0. The molecule has 0 atom stereocenters. The first-order valence-electron chi connectivity index (χ1n) is 7.81. The highest BCUT2D eigenvalue weighted by atomic mass is 16.2. The van der Waals surface area contributed by atoms with Gasteiger partial charge in [-0.25, -0.2) is 0 Å². The molecule has 0 aromatic carbocycles. The quantitative estimate of drug-likeness (QED) is 0.926. The molecule has 1 amide bonds. The molecule has 0 saturated carbocycles. The van der Waals surface area contributed by atoms with E-state index in [0.717, 1.165) is 43.0 Å². The number of piperidine rings is 1. The van der Waals surface area contributed by atoms with E-state index in [1.807, 2.05) is 24.8 Å². The van der Waals surface area contributed by atoms with Crippen molar-refractivity contribution in [3.8, 4) is 0 Å². The van der Waals surface area contributed by atoms with Gasteiger partial charge in [0.15, 0.2) is 0 Å². The standard InChI is InChI=1S/C16H26N4O/c1-11(2)9-16(21)20-7-5-14(6-8-20)17-15-10-12(3)13(4)18-19-15/h10-11,14H,5-9H2,1-4H3,(H,17,19). The van der Waals surface area contributed by atoms with Crippen molar-refractivity contribution in [1.82, 2.24) is 15.1 Å². The summed E-state index contributed by atoms with van der Waals surface area (Å²) in [6.45, 7) is 9.85. The first-order valence-corrected chi connectivity index (χ1v) is 7.81. The van der Waals surface area contributed by atoms with Crippen LogP contribution in [-0.2, 0) is 4.79 Å². The minimum Gasteiger partial charge on any atom is -0.366 e. The van der Waals surface area contributed by atoms with Crippen LogP contribution in [0.4, 0.5) is 5.82 Å². The van der Waals surface area contributed by atoms with E-state index in [4.69, 9.17) is 0 Å². The number of aromatic nitrogens is 2. The highest BCUT2D eigenvalue weighted by Crippen LogP contribution is 2.17. The van der Waals surface area contributed by atoms with Crippen LogP contribution in [0.3, 0.4) is 0 Å². The number of nitrogens with one attached hydrogen (secondary N) is 1. The van der Waals surface area contributed by atoms with Gasteiger partial charge < -0.3 is 10.2 Å². The number of hydrogen-bond acceptors (Lipinski definition) is 4. The zero-order chi connectivity index (χ0) is 15.4. The van der Waals surface area contributed by atoms with Crippen LogP contribution in [0.1, 0.15) is 44.4 Å². The first-order chi connectivity index (χ1) is 9.95. The van der Waals surface area contributed by atoms with Crippen molar-refractivity contribution in [2.24, 2.45) is 5.92 Å². The number of amides is 1. The maximum atomic E-state index is 12.0. The minimum atomic E-state index is 0.287. The van der Waals surface area contributed by atoms with Gasteiger partial charge in [0.1, 0.15) is 5.82 Å². The molecule has 0 unspecified atom stereocenters. The van der Waals surface area contributed by atoms with E-state index in [1.165, 1.54) is 0 Å². The second-order valence-electron chi connectivity index (χ2n) is 6.40. The molecule has 116 valence electrons. The topological polar surface area (TPSA) is 58.1 Å². The molecule has 5 heteroatoms. The maximum Gasteiger partial charge on any atom is 0.222 e. The molecule has 0 bridgehead atoms. The number of likely N-dealkylation sites (tertiary alicyclic amines) is 1. The summed E-state index contributed by atoms with van der Waals surface area (Å²) < 4.78 is 0. The van der Waals surface area contributed by atoms with Gasteiger partial charge in [-0.05, 0) is 44.2 Å². The third-order valence-electron chi connectivity index (χ3n) is 4.01. The molecular weight excluding hydrogens is 264 g/mol. The van der Waals surface area contributed by atoms with Crippen LogP contribution in [0.2, 0.25) is 0 Å². The van der Waals surface area contributed by atoms with Gasteiger partial charge in [-0.15, -0.1) is 5.10 Å². The Morgan fingerprint density at radius 3 is 2.57 bits per heavy atom. The fraction of sp³-hybridized carbons (Fsp3) is 0.688. The van der Waals surface area contributed by atoms with Gasteiger partial charge in [0.05, 0.1) is 5.69 Å². The maximum absolute atomic E-state index is 12.0. The van der Waals surface area contributed by atoms with E-state index in [2.05, 4.69) is 29.4 Å². The fourth-order valence-corrected chi connectivity index (χ4v) is 2.58. The van der Waals surface area contributed by atoms with Gasteiger partial charge >= 0.3 is 0 Å². The monoisotopic (exact) mass is 290 g/mol. The molecule has 5 nitrogen and oxygen atoms in total. The summed E-state index contributed by atoms with van der Waals surface area (Å²) in [6.07, 6.45) is 2.59. The smallest absolute Gasteiger partial charge is 0.222 e. The summed E-state index contributed by atoms with van der Waals surface area (Å²) in [5, 5.41) is 11.8. The summed E-state index contributed by atoms with van der Waals surface area (Å²) in [5.74, 6) is 1.55. The molecule has 0 radical (unpaired) electrons. The van der Waals surface area contributed by atoms with Gasteiger partial charge in [-0.2, -0.15) is 5.10 Å². The van der Waals surface area contributed by atoms with E-state index in [-0.39, 0.29) is 5.91 Å². The lowest BCUT2D eigenvalue weighted by molar-refractivity contribution is -0.132. The lowest BCUT2D eigenvalue weighted by Gasteiger charge is -2.33. The molecule has 1 aromatic rings. The van der Waals surface area contributed by atoms with E-state index in [1.54, 1.807) is 0 Å². The molecule has 2 heterocycles. The van der Waals surface area contributed by atoms with Crippen LogP contribution in [0.15, 0.2) is 6.07 Å². The van der Waals surface area contributed by atoms with Crippen LogP contribution in [-0.4, -0.2) is 40.1 Å². The van der Waals surface area contributed by atoms with Gasteiger partial charge in [0.2, 0.25) is 5.91 Å². The summed E-state index contributed by atoms with van der Waals surface area (Å²) in [4.78, 5) is 14.0. The van der Waals surface area contributed by atoms with Crippen LogP contribution < -0.4 is 5.32 Å². The lowest BCUT2D eigenvalue weighted by Crippen LogP contribution is -2.42. The van der Waals surface area contributed by atoms with Crippen molar-refractivity contribution >= 4 is 11.7 Å². The third-order valence-corrected chi connectivity index (χ3v) is 4.01. The average Bonchev–Trinajstić information content (AvgIpc) is 2.43. The predicted octanol–water partition coefficient (Wildman–Crippen LogP) is 2.54. The van der Waals surface area contributed by atoms with Gasteiger partial charge in [-0.3, -0.25) is 4.79 Å². The van der Waals surface area contributed by atoms with Gasteiger partial charge in [-0.1, -0.05) is 13.8 Å². The molecule has 1 aliphatic heterocycles. The van der Waals surface area contributed by atoms with Crippen LogP contribution in [0, 0.1) is 19.8 Å². The molecule has 0 spiro atoms. The summed E-state index contributed by atoms with van der Waals surface area (Å²) in [7, 11) is 0. The number of nitrogens with zero attached hydrogens (tertiary/aromatic N) is 3. The van der Waals surface area contributed by atoms with Crippen molar-refractivity contribution in [3.05, 3.63) is 17.3 Å². The largest absolute Gasteiger partial charge is 0.366 e. The molecule has 21 heavy (non-hydrogen) atoms. The second-order valence-corrected chi connectivity index (χ2v) is 6.40. The Morgan fingerprint density at radius 1 is 1.33 bits per heavy atom. The molecule has 1 aliphatic rings. The normalized spacial score (nSPS) is 16.3. The number of aryl methyl sites for hydroxylation is 2. The second kappa shape index (κ2) is 6.87. The van der Waals surface area contributed by atoms with E-state index in [0.29, 0.717) is 18.4 Å². The van der Waals surface area contributed by atoms with Crippen LogP contribution in [0.25, 0.3) is 0 Å². The molecule has 1 aromatic heterocycles. The average molecular weight is 290 g/mol. The Balaban J connectivity index is 1.84. The zero-order valence-electron chi connectivity index (χ0n) is 13.5. The minimum absolute atomic E-state index is 0.287. The Morgan fingerprint density at radius 2 is 2.00 bits per heavy atom. The molecule has 0 aliphatic carbocycles. The van der Waals surface area contributed by atoms with Crippen molar-refractivity contribution in [2.75, 3.05) is 18.4 Å². The number of carbonyl (C=O) groups excluding carboxylic acids is 1. The molecule has 1 fully saturated rings. The van der Waals surface area contributed by atoms with Crippen molar-refractivity contribution in [1.29, 1.82) is 0 Å². The number of carbonyl (C=O) groups is 1. The number of hydrogen-bond donors (Lipinski definition) is 1. The van der Waals surface area contributed by atoms with Gasteiger partial charge in [0, 0.05) is 25.6 Å². The molecule has 1 saturated heterocycles. The van der Waals surface area contributed by atoms with Crippen LogP contribution >= 0.6 is 0 Å². The predicted molar refractivity (Wildman–Crippen MR) is 84.2 cm³/mol. The van der Waals surface area contributed by atoms with Gasteiger partial charge in [0.25, 0.3) is 0 Å². The van der Waals surface area contributed by atoms with Crippen molar-refractivity contribution in [2.45, 2.75) is 53.0 Å². The summed E-state index contributed by atoms with van der Waals surface area (Å²) in [5.41, 5.74) is 2.12. The summed E-state index contributed by atoms with van der Waals surface area (Å²) in [6, 6.07) is 2.42. The number of anilines is 1. The third kappa shape index (κ3) is 4.41.